The van der Waals surface area contributed by atoms with Crippen molar-refractivity contribution in [3.05, 3.63) is 46.6 Å². The number of carbonyl (C=O) groups is 1. The number of aryl methyl sites for hydroxylation is 1. The van der Waals surface area contributed by atoms with Gasteiger partial charge in [0.05, 0.1) is 6.04 Å². The van der Waals surface area contributed by atoms with E-state index < -0.39 is 0 Å². The third-order valence-corrected chi connectivity index (χ3v) is 5.35. The normalized spacial score (nSPS) is 16.1. The van der Waals surface area contributed by atoms with Crippen LogP contribution in [0.25, 0.3) is 0 Å². The molecule has 1 aromatic carbocycles. The number of benzene rings is 1. The third kappa shape index (κ3) is 4.59. The molecule has 1 aromatic heterocycles. The summed E-state index contributed by atoms with van der Waals surface area (Å²) in [6.07, 6.45) is 0.765. The molecule has 0 aliphatic carbocycles. The van der Waals surface area contributed by atoms with E-state index in [4.69, 9.17) is 11.6 Å². The number of anilines is 2. The van der Waals surface area contributed by atoms with Gasteiger partial charge in [-0.05, 0) is 38.5 Å². The third-order valence-electron chi connectivity index (χ3n) is 5.03. The molecule has 1 atom stereocenters. The van der Waals surface area contributed by atoms with Crippen molar-refractivity contribution >= 4 is 29.0 Å². The van der Waals surface area contributed by atoms with E-state index in [1.54, 1.807) is 12.1 Å². The summed E-state index contributed by atoms with van der Waals surface area (Å²) in [5, 5.41) is 3.29. The van der Waals surface area contributed by atoms with Gasteiger partial charge in [0, 0.05) is 37.4 Å². The van der Waals surface area contributed by atoms with Crippen molar-refractivity contribution in [3.8, 4) is 0 Å². The molecule has 0 saturated carbocycles. The largest absolute Gasteiger partial charge is 0.354 e. The Kier molecular flexibility index (Phi) is 6.46. The smallest absolute Gasteiger partial charge is 0.241 e. The van der Waals surface area contributed by atoms with Crippen molar-refractivity contribution in [1.29, 1.82) is 0 Å². The monoisotopic (exact) mass is 405 g/mol. The first-order chi connectivity index (χ1) is 13.4. The lowest BCUT2D eigenvalue weighted by atomic mass is 10.1. The Morgan fingerprint density at radius 3 is 2.64 bits per heavy atom. The van der Waals surface area contributed by atoms with Crippen molar-refractivity contribution in [2.75, 3.05) is 36.4 Å². The topological polar surface area (TPSA) is 61.4 Å². The Bertz CT molecular complexity index is 854. The Balaban J connectivity index is 1.63. The number of amides is 1. The van der Waals surface area contributed by atoms with Crippen LogP contribution in [-0.4, -0.2) is 53.0 Å². The highest BCUT2D eigenvalue weighted by Gasteiger charge is 2.27. The fourth-order valence-electron chi connectivity index (χ4n) is 3.41. The second-order valence-electron chi connectivity index (χ2n) is 6.92. The molecule has 1 fully saturated rings. The van der Waals surface area contributed by atoms with Gasteiger partial charge in [-0.2, -0.15) is 0 Å². The molecular weight excluding hydrogens is 381 g/mol. The summed E-state index contributed by atoms with van der Waals surface area (Å²) in [7, 11) is 0. The second-order valence-corrected chi connectivity index (χ2v) is 7.27. The summed E-state index contributed by atoms with van der Waals surface area (Å²) < 4.78 is 13.3. The van der Waals surface area contributed by atoms with Crippen molar-refractivity contribution in [2.24, 2.45) is 0 Å². The van der Waals surface area contributed by atoms with Gasteiger partial charge >= 0.3 is 0 Å². The maximum Gasteiger partial charge on any atom is 0.241 e. The molecule has 1 aliphatic heterocycles. The van der Waals surface area contributed by atoms with Gasteiger partial charge < -0.3 is 10.2 Å². The lowest BCUT2D eigenvalue weighted by Crippen LogP contribution is -2.53. The van der Waals surface area contributed by atoms with Crippen LogP contribution in [0.1, 0.15) is 25.2 Å². The molecule has 150 valence electrons. The molecule has 8 heteroatoms. The number of hydrogen-bond donors (Lipinski definition) is 1. The zero-order valence-corrected chi connectivity index (χ0v) is 17.1. The average Bonchev–Trinajstić information content (AvgIpc) is 2.67. The minimum atomic E-state index is -0.371. The van der Waals surface area contributed by atoms with Crippen LogP contribution in [0, 0.1) is 12.7 Å². The van der Waals surface area contributed by atoms with E-state index in [2.05, 4.69) is 25.1 Å². The zero-order chi connectivity index (χ0) is 20.3. The van der Waals surface area contributed by atoms with Crippen molar-refractivity contribution in [2.45, 2.75) is 33.2 Å². The van der Waals surface area contributed by atoms with Gasteiger partial charge in [-0.25, -0.2) is 14.4 Å². The highest BCUT2D eigenvalue weighted by Crippen LogP contribution is 2.26. The predicted molar refractivity (Wildman–Crippen MR) is 109 cm³/mol. The molecule has 6 nitrogen and oxygen atoms in total. The molecule has 3 rings (SSSR count). The Labute approximate surface area is 169 Å². The van der Waals surface area contributed by atoms with Gasteiger partial charge in [0.25, 0.3) is 0 Å². The zero-order valence-electron chi connectivity index (χ0n) is 16.4. The molecule has 1 aliphatic rings. The van der Waals surface area contributed by atoms with E-state index in [0.717, 1.165) is 44.0 Å². The van der Waals surface area contributed by atoms with Crippen molar-refractivity contribution in [3.63, 3.8) is 0 Å². The molecule has 2 aromatic rings. The SMILES string of the molecule is CCc1c(Cl)nc(C)nc1N1CCN(C(C)C(=O)Nc2cccc(F)c2)CC1. The van der Waals surface area contributed by atoms with Crippen LogP contribution in [0.5, 0.6) is 0 Å². The van der Waals surface area contributed by atoms with Gasteiger partial charge in [-0.15, -0.1) is 0 Å². The Morgan fingerprint density at radius 1 is 1.29 bits per heavy atom. The molecule has 28 heavy (non-hydrogen) atoms. The maximum atomic E-state index is 13.3. The Morgan fingerprint density at radius 2 is 2.00 bits per heavy atom. The average molecular weight is 406 g/mol. The maximum absolute atomic E-state index is 13.3. The van der Waals surface area contributed by atoms with Gasteiger partial charge in [0.15, 0.2) is 0 Å². The fraction of sp³-hybridized carbons (Fsp3) is 0.450. The lowest BCUT2D eigenvalue weighted by Gasteiger charge is -2.38. The molecule has 0 bridgehead atoms. The molecule has 1 amide bonds. The van der Waals surface area contributed by atoms with E-state index in [1.165, 1.54) is 12.1 Å². The number of carbonyl (C=O) groups excluding carboxylic acids is 1. The summed E-state index contributed by atoms with van der Waals surface area (Å²) in [5.41, 5.74) is 1.42. The van der Waals surface area contributed by atoms with Crippen LogP contribution < -0.4 is 10.2 Å². The first-order valence-electron chi connectivity index (χ1n) is 9.47. The molecular formula is C20H25ClFN5O. The lowest BCUT2D eigenvalue weighted by molar-refractivity contribution is -0.120. The summed E-state index contributed by atoms with van der Waals surface area (Å²) in [5.74, 6) is 1.03. The molecule has 0 radical (unpaired) electrons. The summed E-state index contributed by atoms with van der Waals surface area (Å²) in [4.78, 5) is 25.7. The summed E-state index contributed by atoms with van der Waals surface area (Å²) >= 11 is 6.30. The van der Waals surface area contributed by atoms with E-state index in [1.807, 2.05) is 20.8 Å². The number of piperazine rings is 1. The molecule has 2 heterocycles. The number of nitrogens with one attached hydrogen (secondary N) is 1. The Hall–Kier alpha value is -2.25. The van der Waals surface area contributed by atoms with Crippen LogP contribution in [0.15, 0.2) is 24.3 Å². The van der Waals surface area contributed by atoms with Crippen molar-refractivity contribution < 1.29 is 9.18 Å². The summed E-state index contributed by atoms with van der Waals surface area (Å²) in [6, 6.07) is 5.61. The van der Waals surface area contributed by atoms with E-state index in [9.17, 15) is 9.18 Å². The number of nitrogens with zero attached hydrogens (tertiary/aromatic N) is 4. The highest BCUT2D eigenvalue weighted by molar-refractivity contribution is 6.30. The standard InChI is InChI=1S/C20H25ClFN5O/c1-4-17-18(21)23-14(3)24-19(17)27-10-8-26(9-11-27)13(2)20(28)25-16-7-5-6-15(22)12-16/h5-7,12-13H,4,8-11H2,1-3H3,(H,25,28). The highest BCUT2D eigenvalue weighted by atomic mass is 35.5. The van der Waals surface area contributed by atoms with Gasteiger partial charge in [-0.3, -0.25) is 9.69 Å². The number of halogens is 2. The number of aromatic nitrogens is 2. The number of hydrogen-bond acceptors (Lipinski definition) is 5. The number of rotatable bonds is 5. The fourth-order valence-corrected chi connectivity index (χ4v) is 3.75. The first kappa shape index (κ1) is 20.5. The van der Waals surface area contributed by atoms with Crippen molar-refractivity contribution in [1.82, 2.24) is 14.9 Å². The quantitative estimate of drug-likeness (QED) is 0.773. The molecule has 0 spiro atoms. The summed E-state index contributed by atoms with van der Waals surface area (Å²) in [6.45, 7) is 8.69. The second kappa shape index (κ2) is 8.84. The van der Waals surface area contributed by atoms with E-state index in [-0.39, 0.29) is 17.8 Å². The molecule has 1 saturated heterocycles. The van der Waals surface area contributed by atoms with Crippen LogP contribution in [0.2, 0.25) is 5.15 Å². The molecule has 1 unspecified atom stereocenters. The van der Waals surface area contributed by atoms with E-state index in [0.29, 0.717) is 16.7 Å². The van der Waals surface area contributed by atoms with Gasteiger partial charge in [0.2, 0.25) is 5.91 Å². The first-order valence-corrected chi connectivity index (χ1v) is 9.85. The predicted octanol–water partition coefficient (Wildman–Crippen LogP) is 3.29. The minimum absolute atomic E-state index is 0.144. The van der Waals surface area contributed by atoms with Crippen LogP contribution in [0.4, 0.5) is 15.9 Å². The van der Waals surface area contributed by atoms with Crippen LogP contribution in [0.3, 0.4) is 0 Å². The molecule has 1 N–H and O–H groups in total. The van der Waals surface area contributed by atoms with Crippen LogP contribution >= 0.6 is 11.6 Å². The minimum Gasteiger partial charge on any atom is -0.354 e. The van der Waals surface area contributed by atoms with Crippen LogP contribution in [-0.2, 0) is 11.2 Å². The van der Waals surface area contributed by atoms with Gasteiger partial charge in [0.1, 0.15) is 22.6 Å². The van der Waals surface area contributed by atoms with E-state index >= 15 is 0 Å². The van der Waals surface area contributed by atoms with Gasteiger partial charge in [-0.1, -0.05) is 24.6 Å².